The van der Waals surface area contributed by atoms with Gasteiger partial charge in [0.05, 0.1) is 0 Å². The van der Waals surface area contributed by atoms with Crippen LogP contribution in [0.4, 0.5) is 5.82 Å². The lowest BCUT2D eigenvalue weighted by molar-refractivity contribution is -0.130. The van der Waals surface area contributed by atoms with Crippen LogP contribution in [0.15, 0.2) is 6.07 Å². The first-order chi connectivity index (χ1) is 12.5. The quantitative estimate of drug-likeness (QED) is 0.825. The van der Waals surface area contributed by atoms with Crippen molar-refractivity contribution in [3.05, 3.63) is 17.6 Å². The van der Waals surface area contributed by atoms with Crippen molar-refractivity contribution in [1.82, 2.24) is 19.8 Å². The number of piperazine rings is 1. The number of aryl methyl sites for hydroxylation is 2. The molecule has 0 aromatic carbocycles. The van der Waals surface area contributed by atoms with Crippen LogP contribution in [0.1, 0.15) is 51.0 Å². The number of amides is 1. The summed E-state index contributed by atoms with van der Waals surface area (Å²) in [5.41, 5.74) is 1.19. The number of rotatable bonds is 4. The molecule has 3 rings (SSSR count). The van der Waals surface area contributed by atoms with Crippen LogP contribution in [-0.2, 0) is 11.2 Å². The van der Waals surface area contributed by atoms with E-state index in [-0.39, 0.29) is 5.54 Å². The lowest BCUT2D eigenvalue weighted by Gasteiger charge is -2.49. The van der Waals surface area contributed by atoms with E-state index in [0.717, 1.165) is 75.7 Å². The number of hydrogen-bond donors (Lipinski definition) is 0. The van der Waals surface area contributed by atoms with Gasteiger partial charge in [-0.3, -0.25) is 9.69 Å². The van der Waals surface area contributed by atoms with Crippen molar-refractivity contribution in [1.29, 1.82) is 0 Å². The Morgan fingerprint density at radius 2 is 1.96 bits per heavy atom. The predicted octanol–water partition coefficient (Wildman–Crippen LogP) is 2.26. The molecule has 0 unspecified atom stereocenters. The minimum atomic E-state index is 0.0571. The minimum absolute atomic E-state index is 0.0571. The second kappa shape index (κ2) is 7.91. The number of nitrogens with zero attached hydrogens (tertiary/aromatic N) is 5. The van der Waals surface area contributed by atoms with Gasteiger partial charge in [0, 0.05) is 56.4 Å². The molecule has 2 fully saturated rings. The van der Waals surface area contributed by atoms with E-state index in [2.05, 4.69) is 41.7 Å². The number of carbonyl (C=O) groups is 1. The van der Waals surface area contributed by atoms with Gasteiger partial charge in [-0.15, -0.1) is 0 Å². The highest BCUT2D eigenvalue weighted by Gasteiger charge is 2.42. The lowest BCUT2D eigenvalue weighted by atomic mass is 9.86. The summed E-state index contributed by atoms with van der Waals surface area (Å²) in [6, 6.07) is 2.16. The Kier molecular flexibility index (Phi) is 5.80. The Bertz CT molecular complexity index is 649. The number of aromatic nitrogens is 2. The van der Waals surface area contributed by atoms with E-state index in [1.54, 1.807) is 0 Å². The summed E-state index contributed by atoms with van der Waals surface area (Å²) in [7, 11) is 2.22. The average Bonchev–Trinajstić information content (AvgIpc) is 2.77. The molecule has 2 aliphatic rings. The second-order valence-electron chi connectivity index (χ2n) is 7.81. The van der Waals surface area contributed by atoms with Gasteiger partial charge in [-0.1, -0.05) is 13.3 Å². The Morgan fingerprint density at radius 3 is 2.69 bits per heavy atom. The summed E-state index contributed by atoms with van der Waals surface area (Å²) in [4.78, 5) is 28.6. The fraction of sp³-hybridized carbons (Fsp3) is 0.750. The Balaban J connectivity index is 1.83. The zero-order valence-electron chi connectivity index (χ0n) is 16.8. The van der Waals surface area contributed by atoms with Crippen LogP contribution >= 0.6 is 0 Å². The van der Waals surface area contributed by atoms with Crippen molar-refractivity contribution in [3.8, 4) is 0 Å². The third-order valence-electron chi connectivity index (χ3n) is 6.09. The van der Waals surface area contributed by atoms with E-state index < -0.39 is 0 Å². The molecule has 26 heavy (non-hydrogen) atoms. The highest BCUT2D eigenvalue weighted by atomic mass is 16.2. The summed E-state index contributed by atoms with van der Waals surface area (Å²) < 4.78 is 0. The normalized spacial score (nSPS) is 25.0. The van der Waals surface area contributed by atoms with Crippen LogP contribution in [0.25, 0.3) is 0 Å². The molecule has 0 radical (unpaired) electrons. The zero-order valence-corrected chi connectivity index (χ0v) is 16.8. The van der Waals surface area contributed by atoms with Gasteiger partial charge in [0.15, 0.2) is 0 Å². The molecule has 1 amide bonds. The summed E-state index contributed by atoms with van der Waals surface area (Å²) >= 11 is 0. The monoisotopic (exact) mass is 359 g/mol. The standard InChI is InChI=1S/C20H33N5O/c1-5-7-17-14-18(22-16(3)21-17)25-13-12-23(4)20(15-25)9-8-19(26)24(6-2)11-10-20/h14H,5-13,15H2,1-4H3/t20-/m1/s1. The van der Waals surface area contributed by atoms with Gasteiger partial charge in [0.25, 0.3) is 0 Å². The number of hydrogen-bond acceptors (Lipinski definition) is 5. The molecule has 1 aromatic rings. The third-order valence-corrected chi connectivity index (χ3v) is 6.09. The highest BCUT2D eigenvalue weighted by molar-refractivity contribution is 5.76. The minimum Gasteiger partial charge on any atom is -0.353 e. The van der Waals surface area contributed by atoms with Crippen molar-refractivity contribution in [2.45, 2.75) is 58.4 Å². The summed E-state index contributed by atoms with van der Waals surface area (Å²) in [5.74, 6) is 2.21. The van der Waals surface area contributed by atoms with E-state index in [1.165, 1.54) is 0 Å². The van der Waals surface area contributed by atoms with Gasteiger partial charge in [0.1, 0.15) is 11.6 Å². The van der Waals surface area contributed by atoms with Crippen LogP contribution in [-0.4, -0.2) is 71.0 Å². The molecule has 6 heteroatoms. The first-order valence-corrected chi connectivity index (χ1v) is 10.1. The topological polar surface area (TPSA) is 52.6 Å². The molecule has 1 spiro atoms. The van der Waals surface area contributed by atoms with Crippen LogP contribution < -0.4 is 4.90 Å². The molecule has 6 nitrogen and oxygen atoms in total. The number of likely N-dealkylation sites (N-methyl/N-ethyl adjacent to an activating group) is 1. The summed E-state index contributed by atoms with van der Waals surface area (Å²) in [6.07, 6.45) is 4.70. The van der Waals surface area contributed by atoms with E-state index in [9.17, 15) is 4.79 Å². The molecule has 0 saturated carbocycles. The Morgan fingerprint density at radius 1 is 1.15 bits per heavy atom. The molecule has 1 atom stereocenters. The Hall–Kier alpha value is -1.69. The smallest absolute Gasteiger partial charge is 0.222 e. The van der Waals surface area contributed by atoms with Gasteiger partial charge in [-0.25, -0.2) is 9.97 Å². The number of likely N-dealkylation sites (tertiary alicyclic amines) is 1. The highest BCUT2D eigenvalue weighted by Crippen LogP contribution is 2.33. The van der Waals surface area contributed by atoms with Crippen molar-refractivity contribution < 1.29 is 4.79 Å². The molecule has 2 saturated heterocycles. The van der Waals surface area contributed by atoms with Gasteiger partial charge in [0.2, 0.25) is 5.91 Å². The first kappa shape index (κ1) is 19.1. The maximum atomic E-state index is 12.4. The molecular weight excluding hydrogens is 326 g/mol. The van der Waals surface area contributed by atoms with E-state index in [4.69, 9.17) is 4.98 Å². The maximum Gasteiger partial charge on any atom is 0.222 e. The predicted molar refractivity (Wildman–Crippen MR) is 104 cm³/mol. The van der Waals surface area contributed by atoms with E-state index in [1.807, 2.05) is 11.8 Å². The molecular formula is C20H33N5O. The van der Waals surface area contributed by atoms with E-state index >= 15 is 0 Å². The van der Waals surface area contributed by atoms with Crippen molar-refractivity contribution in [2.75, 3.05) is 44.7 Å². The fourth-order valence-electron chi connectivity index (χ4n) is 4.38. The molecule has 3 heterocycles. The van der Waals surface area contributed by atoms with Gasteiger partial charge >= 0.3 is 0 Å². The Labute approximate surface area is 157 Å². The first-order valence-electron chi connectivity index (χ1n) is 10.1. The number of carbonyl (C=O) groups excluding carboxylic acids is 1. The summed E-state index contributed by atoms with van der Waals surface area (Å²) in [6.45, 7) is 10.8. The van der Waals surface area contributed by atoms with Crippen LogP contribution in [0.5, 0.6) is 0 Å². The largest absolute Gasteiger partial charge is 0.353 e. The molecule has 2 aliphatic heterocycles. The van der Waals surface area contributed by atoms with Gasteiger partial charge in [-0.05, 0) is 40.2 Å². The van der Waals surface area contributed by atoms with Crippen LogP contribution in [0, 0.1) is 6.92 Å². The second-order valence-corrected chi connectivity index (χ2v) is 7.81. The van der Waals surface area contributed by atoms with Crippen molar-refractivity contribution >= 4 is 11.7 Å². The van der Waals surface area contributed by atoms with Crippen molar-refractivity contribution in [2.24, 2.45) is 0 Å². The van der Waals surface area contributed by atoms with Crippen LogP contribution in [0.3, 0.4) is 0 Å². The summed E-state index contributed by atoms with van der Waals surface area (Å²) in [5, 5.41) is 0. The molecule has 144 valence electrons. The maximum absolute atomic E-state index is 12.4. The van der Waals surface area contributed by atoms with Gasteiger partial charge < -0.3 is 9.80 Å². The number of anilines is 1. The van der Waals surface area contributed by atoms with Crippen LogP contribution in [0.2, 0.25) is 0 Å². The zero-order chi connectivity index (χ0) is 18.7. The van der Waals surface area contributed by atoms with Crippen molar-refractivity contribution in [3.63, 3.8) is 0 Å². The molecule has 1 aromatic heterocycles. The molecule has 0 N–H and O–H groups in total. The fourth-order valence-corrected chi connectivity index (χ4v) is 4.38. The SMILES string of the molecule is CCCc1cc(N2CCN(C)[C@@]3(CCC(=O)N(CC)CC3)C2)nc(C)n1. The molecule has 0 aliphatic carbocycles. The van der Waals surface area contributed by atoms with Gasteiger partial charge in [-0.2, -0.15) is 0 Å². The van der Waals surface area contributed by atoms with E-state index in [0.29, 0.717) is 12.3 Å². The lowest BCUT2D eigenvalue weighted by Crippen LogP contribution is -2.61. The third kappa shape index (κ3) is 3.85. The average molecular weight is 360 g/mol. The molecule has 0 bridgehead atoms.